The van der Waals surface area contributed by atoms with Crippen LogP contribution in [0, 0.1) is 5.92 Å². The number of nitrogen functional groups attached to an aromatic ring is 1. The highest BCUT2D eigenvalue weighted by Gasteiger charge is 2.26. The van der Waals surface area contributed by atoms with Crippen LogP contribution in [0.15, 0.2) is 29.1 Å². The first-order chi connectivity index (χ1) is 21.2. The summed E-state index contributed by atoms with van der Waals surface area (Å²) in [5.74, 6) is -0.720. The number of benzene rings is 1. The second-order valence-corrected chi connectivity index (χ2v) is 11.1. The molecular formula is C30H42N8O6. The van der Waals surface area contributed by atoms with Gasteiger partial charge in [-0.25, -0.2) is 4.79 Å². The number of aromatic amines is 1. The first-order valence-electron chi connectivity index (χ1n) is 15.0. The Morgan fingerprint density at radius 1 is 1.09 bits per heavy atom. The second kappa shape index (κ2) is 15.3. The average Bonchev–Trinajstić information content (AvgIpc) is 3.33. The zero-order valence-corrected chi connectivity index (χ0v) is 25.4. The number of esters is 1. The molecule has 5 N–H and O–H groups in total. The minimum atomic E-state index is -0.372. The van der Waals surface area contributed by atoms with Crippen LogP contribution in [0.2, 0.25) is 0 Å². The van der Waals surface area contributed by atoms with Crippen molar-refractivity contribution in [2.45, 2.75) is 58.5 Å². The van der Waals surface area contributed by atoms with Gasteiger partial charge in [-0.2, -0.15) is 9.97 Å². The molecule has 44 heavy (non-hydrogen) atoms. The lowest BCUT2D eigenvalue weighted by molar-refractivity contribution is -0.139. The third kappa shape index (κ3) is 8.56. The summed E-state index contributed by atoms with van der Waals surface area (Å²) in [6, 6.07) is 7.59. The number of likely N-dealkylation sites (tertiary alicyclic amines) is 1. The number of imidazole rings is 1. The van der Waals surface area contributed by atoms with Crippen LogP contribution in [-0.4, -0.2) is 87.0 Å². The van der Waals surface area contributed by atoms with Gasteiger partial charge in [-0.1, -0.05) is 37.6 Å². The van der Waals surface area contributed by atoms with Crippen LogP contribution < -0.4 is 21.9 Å². The maximum Gasteiger partial charge on any atom is 0.327 e. The highest BCUT2D eigenvalue weighted by atomic mass is 16.5. The van der Waals surface area contributed by atoms with Gasteiger partial charge in [0.05, 0.1) is 26.7 Å². The Labute approximate surface area is 255 Å². The number of rotatable bonds is 15. The van der Waals surface area contributed by atoms with Crippen LogP contribution in [0.3, 0.4) is 0 Å². The lowest BCUT2D eigenvalue weighted by Gasteiger charge is -2.32. The van der Waals surface area contributed by atoms with Crippen molar-refractivity contribution in [2.24, 2.45) is 11.7 Å². The third-order valence-electron chi connectivity index (χ3n) is 7.84. The molecule has 3 aromatic rings. The summed E-state index contributed by atoms with van der Waals surface area (Å²) < 4.78 is 11.9. The van der Waals surface area contributed by atoms with E-state index >= 15 is 0 Å². The van der Waals surface area contributed by atoms with Gasteiger partial charge in [0, 0.05) is 25.6 Å². The van der Waals surface area contributed by atoms with Gasteiger partial charge in [0.25, 0.3) is 0 Å². The number of nitrogens with two attached hydrogens (primary N) is 2. The largest absolute Gasteiger partial charge is 0.469 e. The molecular weight excluding hydrogens is 568 g/mol. The molecule has 1 fully saturated rings. The number of ether oxygens (including phenoxy) is 2. The molecule has 1 aliphatic heterocycles. The van der Waals surface area contributed by atoms with Crippen molar-refractivity contribution >= 4 is 34.8 Å². The number of carbonyl (C=O) groups excluding carboxylic acids is 3. The first kappa shape index (κ1) is 32.5. The molecule has 0 aliphatic carbocycles. The van der Waals surface area contributed by atoms with Crippen LogP contribution in [-0.2, 0) is 38.6 Å². The summed E-state index contributed by atoms with van der Waals surface area (Å²) in [5.41, 5.74) is 13.6. The van der Waals surface area contributed by atoms with Crippen molar-refractivity contribution in [3.8, 4) is 6.01 Å². The number of nitrogens with one attached hydrogen (secondary N) is 1. The van der Waals surface area contributed by atoms with Crippen molar-refractivity contribution in [1.29, 1.82) is 0 Å². The molecule has 0 bridgehead atoms. The smallest absolute Gasteiger partial charge is 0.327 e. The standard InChI is InChI=1S/C30H42N8O6/c1-3-4-16-44-29-34-26(31)25-28(35-29)38(30(42)33-25)13-5-12-37(18-21-8-6-20(7-9-21)17-24(40)43-2)23(39)19-36-14-10-22(11-15-36)27(32)41/h6-9,22H,3-5,10-19H2,1-2H3,(H2,32,41)(H,33,42)(H2,31,34,35). The van der Waals surface area contributed by atoms with E-state index in [0.29, 0.717) is 63.2 Å². The molecule has 4 rings (SSSR count). The zero-order chi connectivity index (χ0) is 31.6. The number of piperidine rings is 1. The Morgan fingerprint density at radius 3 is 2.45 bits per heavy atom. The van der Waals surface area contributed by atoms with E-state index in [0.717, 1.165) is 24.0 Å². The lowest BCUT2D eigenvalue weighted by atomic mass is 9.96. The molecule has 2 amide bonds. The Morgan fingerprint density at radius 2 is 1.80 bits per heavy atom. The number of carbonyl (C=O) groups is 3. The Hall–Kier alpha value is -4.46. The molecule has 0 unspecified atom stereocenters. The number of fused-ring (bicyclic) bond motifs is 1. The monoisotopic (exact) mass is 610 g/mol. The summed E-state index contributed by atoms with van der Waals surface area (Å²) in [7, 11) is 1.35. The Balaban J connectivity index is 1.46. The van der Waals surface area contributed by atoms with Gasteiger partial charge in [0.1, 0.15) is 5.52 Å². The number of anilines is 1. The van der Waals surface area contributed by atoms with Crippen molar-refractivity contribution < 1.29 is 23.9 Å². The van der Waals surface area contributed by atoms with E-state index in [-0.39, 0.29) is 60.7 Å². The molecule has 2 aromatic heterocycles. The van der Waals surface area contributed by atoms with Gasteiger partial charge < -0.3 is 30.8 Å². The summed E-state index contributed by atoms with van der Waals surface area (Å²) in [4.78, 5) is 64.7. The number of H-pyrrole nitrogens is 1. The van der Waals surface area contributed by atoms with Gasteiger partial charge >= 0.3 is 17.7 Å². The summed E-state index contributed by atoms with van der Waals surface area (Å²) >= 11 is 0. The van der Waals surface area contributed by atoms with Crippen LogP contribution in [0.4, 0.5) is 5.82 Å². The van der Waals surface area contributed by atoms with E-state index in [1.807, 2.05) is 36.1 Å². The third-order valence-corrected chi connectivity index (χ3v) is 7.84. The number of aryl methyl sites for hydroxylation is 1. The van der Waals surface area contributed by atoms with Gasteiger partial charge in [0.15, 0.2) is 11.5 Å². The maximum atomic E-state index is 13.6. The minimum Gasteiger partial charge on any atom is -0.469 e. The molecule has 14 nitrogen and oxygen atoms in total. The van der Waals surface area contributed by atoms with Crippen molar-refractivity contribution in [3.05, 3.63) is 45.9 Å². The number of amides is 2. The Bertz CT molecular complexity index is 1490. The normalized spacial score (nSPS) is 14.0. The lowest BCUT2D eigenvalue weighted by Crippen LogP contribution is -2.45. The number of unbranched alkanes of at least 4 members (excludes halogenated alkanes) is 1. The molecule has 0 spiro atoms. The van der Waals surface area contributed by atoms with Crippen molar-refractivity contribution in [3.63, 3.8) is 0 Å². The number of hydrogen-bond acceptors (Lipinski definition) is 10. The maximum absolute atomic E-state index is 13.6. The first-order valence-corrected chi connectivity index (χ1v) is 15.0. The van der Waals surface area contributed by atoms with Gasteiger partial charge in [-0.3, -0.25) is 23.9 Å². The summed E-state index contributed by atoms with van der Waals surface area (Å²) in [5, 5.41) is 0. The molecule has 1 aromatic carbocycles. The fourth-order valence-electron chi connectivity index (χ4n) is 5.21. The fourth-order valence-corrected chi connectivity index (χ4v) is 5.21. The van der Waals surface area contributed by atoms with Gasteiger partial charge in [0.2, 0.25) is 11.8 Å². The molecule has 238 valence electrons. The van der Waals surface area contributed by atoms with E-state index < -0.39 is 0 Å². The highest BCUT2D eigenvalue weighted by molar-refractivity contribution is 5.82. The molecule has 14 heteroatoms. The molecule has 3 heterocycles. The van der Waals surface area contributed by atoms with Crippen molar-refractivity contribution in [2.75, 3.05) is 45.6 Å². The fraction of sp³-hybridized carbons (Fsp3) is 0.533. The number of aromatic nitrogens is 4. The predicted molar refractivity (Wildman–Crippen MR) is 164 cm³/mol. The molecule has 0 radical (unpaired) electrons. The molecule has 0 saturated carbocycles. The molecule has 0 atom stereocenters. The number of primary amides is 1. The van der Waals surface area contributed by atoms with E-state index in [1.165, 1.54) is 11.7 Å². The van der Waals surface area contributed by atoms with E-state index in [4.69, 9.17) is 20.9 Å². The SMILES string of the molecule is CCCCOc1nc(N)c2[nH]c(=O)n(CCCN(Cc3ccc(CC(=O)OC)cc3)C(=O)CN3CCC(C(N)=O)CC3)c2n1. The van der Waals surface area contributed by atoms with Gasteiger partial charge in [-0.15, -0.1) is 0 Å². The van der Waals surface area contributed by atoms with Crippen LogP contribution in [0.25, 0.3) is 11.2 Å². The van der Waals surface area contributed by atoms with Crippen molar-refractivity contribution in [1.82, 2.24) is 29.3 Å². The number of methoxy groups -OCH3 is 1. The quantitative estimate of drug-likeness (QED) is 0.166. The molecule has 1 saturated heterocycles. The predicted octanol–water partition coefficient (Wildman–Crippen LogP) is 1.21. The van der Waals surface area contributed by atoms with Gasteiger partial charge in [-0.05, 0) is 49.9 Å². The second-order valence-electron chi connectivity index (χ2n) is 11.1. The highest BCUT2D eigenvalue weighted by Crippen LogP contribution is 2.19. The number of nitrogens with zero attached hydrogens (tertiary/aromatic N) is 5. The van der Waals surface area contributed by atoms with Crippen LogP contribution in [0.5, 0.6) is 6.01 Å². The Kier molecular flexibility index (Phi) is 11.3. The topological polar surface area (TPSA) is 192 Å². The van der Waals surface area contributed by atoms with E-state index in [9.17, 15) is 19.2 Å². The zero-order valence-electron chi connectivity index (χ0n) is 25.4. The van der Waals surface area contributed by atoms with Crippen LogP contribution in [0.1, 0.15) is 50.2 Å². The minimum absolute atomic E-state index is 0.0642. The number of hydrogen-bond donors (Lipinski definition) is 3. The van der Waals surface area contributed by atoms with E-state index in [1.54, 1.807) is 4.90 Å². The molecule has 1 aliphatic rings. The average molecular weight is 611 g/mol. The van der Waals surface area contributed by atoms with Crippen LogP contribution >= 0.6 is 0 Å². The summed E-state index contributed by atoms with van der Waals surface area (Å²) in [6.45, 7) is 4.94. The van der Waals surface area contributed by atoms with E-state index in [2.05, 4.69) is 15.0 Å². The summed E-state index contributed by atoms with van der Waals surface area (Å²) in [6.07, 6.45) is 3.68.